The van der Waals surface area contributed by atoms with Gasteiger partial charge < -0.3 is 19.7 Å². The average molecular weight is 383 g/mol. The highest BCUT2D eigenvalue weighted by Gasteiger charge is 2.15. The van der Waals surface area contributed by atoms with Gasteiger partial charge >= 0.3 is 6.09 Å². The molecule has 148 valence electrons. The summed E-state index contributed by atoms with van der Waals surface area (Å²) in [7, 11) is 1.72. The van der Waals surface area contributed by atoms with Crippen LogP contribution in [-0.2, 0) is 7.05 Å². The zero-order chi connectivity index (χ0) is 20.4. The summed E-state index contributed by atoms with van der Waals surface area (Å²) in [4.78, 5) is 27.9. The molecule has 2 aromatic heterocycles. The molecule has 0 bridgehead atoms. The predicted molar refractivity (Wildman–Crippen MR) is 109 cm³/mol. The number of fused-ring (bicyclic) bond motifs is 3. The lowest BCUT2D eigenvalue weighted by atomic mass is 10.0. The quantitative estimate of drug-likeness (QED) is 0.636. The van der Waals surface area contributed by atoms with E-state index in [1.165, 1.54) is 0 Å². The molecular formula is C21H25N3O4. The number of amides is 1. The molecule has 7 heteroatoms. The zero-order valence-corrected chi connectivity index (χ0v) is 16.5. The minimum absolute atomic E-state index is 0.114. The van der Waals surface area contributed by atoms with E-state index in [-0.39, 0.29) is 18.2 Å². The van der Waals surface area contributed by atoms with Crippen molar-refractivity contribution in [3.63, 3.8) is 0 Å². The normalized spacial score (nSPS) is 12.5. The number of hydrogen-bond acceptors (Lipinski definition) is 4. The number of ether oxygens (including phenoxy) is 1. The van der Waals surface area contributed by atoms with Crippen LogP contribution in [0, 0.1) is 12.8 Å². The molecule has 28 heavy (non-hydrogen) atoms. The summed E-state index contributed by atoms with van der Waals surface area (Å²) in [6, 6.07) is 7.19. The van der Waals surface area contributed by atoms with Crippen LogP contribution < -0.4 is 15.6 Å². The van der Waals surface area contributed by atoms with Crippen molar-refractivity contribution in [1.82, 2.24) is 14.9 Å². The van der Waals surface area contributed by atoms with Crippen LogP contribution in [0.25, 0.3) is 21.7 Å². The van der Waals surface area contributed by atoms with Crippen molar-refractivity contribution in [2.24, 2.45) is 13.0 Å². The van der Waals surface area contributed by atoms with Crippen LogP contribution in [0.5, 0.6) is 5.75 Å². The van der Waals surface area contributed by atoms with Crippen molar-refractivity contribution in [3.8, 4) is 5.75 Å². The molecule has 1 unspecified atom stereocenters. The van der Waals surface area contributed by atoms with E-state index in [2.05, 4.69) is 10.3 Å². The third-order valence-electron chi connectivity index (χ3n) is 4.73. The SMILES string of the molecule is Cc1cc2c(cn1)c(=O)n(C)c1cc(OCC(CC(C)C)NC(=O)O)ccc21. The highest BCUT2D eigenvalue weighted by atomic mass is 16.5. The number of carboxylic acid groups (broad SMARTS) is 1. The molecule has 0 fully saturated rings. The van der Waals surface area contributed by atoms with E-state index in [1.54, 1.807) is 17.8 Å². The van der Waals surface area contributed by atoms with Crippen molar-refractivity contribution in [2.75, 3.05) is 6.61 Å². The average Bonchev–Trinajstić information content (AvgIpc) is 2.63. The fourth-order valence-electron chi connectivity index (χ4n) is 3.46. The van der Waals surface area contributed by atoms with E-state index >= 15 is 0 Å². The smallest absolute Gasteiger partial charge is 0.404 e. The van der Waals surface area contributed by atoms with Gasteiger partial charge in [0.05, 0.1) is 16.9 Å². The van der Waals surface area contributed by atoms with Gasteiger partial charge in [0.15, 0.2) is 0 Å². The Balaban J connectivity index is 1.95. The lowest BCUT2D eigenvalue weighted by Gasteiger charge is -2.20. The number of rotatable bonds is 6. The molecule has 0 aliphatic heterocycles. The van der Waals surface area contributed by atoms with Gasteiger partial charge in [0, 0.05) is 30.4 Å². The molecule has 0 saturated carbocycles. The molecule has 1 aromatic carbocycles. The third kappa shape index (κ3) is 4.08. The Labute approximate surface area is 163 Å². The van der Waals surface area contributed by atoms with Crippen LogP contribution >= 0.6 is 0 Å². The Morgan fingerprint density at radius 3 is 2.68 bits per heavy atom. The predicted octanol–water partition coefficient (Wildman–Crippen LogP) is 3.46. The number of carbonyl (C=O) groups is 1. The van der Waals surface area contributed by atoms with Gasteiger partial charge in [0.1, 0.15) is 12.4 Å². The van der Waals surface area contributed by atoms with Gasteiger partial charge in [-0.2, -0.15) is 0 Å². The highest BCUT2D eigenvalue weighted by Crippen LogP contribution is 2.26. The van der Waals surface area contributed by atoms with Crippen LogP contribution in [0.4, 0.5) is 4.79 Å². The molecule has 0 aliphatic rings. The lowest BCUT2D eigenvalue weighted by molar-refractivity contribution is 0.176. The van der Waals surface area contributed by atoms with Crippen LogP contribution in [0.1, 0.15) is 26.0 Å². The number of pyridine rings is 2. The molecule has 0 spiro atoms. The summed E-state index contributed by atoms with van der Waals surface area (Å²) in [6.45, 7) is 6.18. The molecule has 0 aliphatic carbocycles. The Hall–Kier alpha value is -3.09. The largest absolute Gasteiger partial charge is 0.491 e. The minimum Gasteiger partial charge on any atom is -0.491 e. The Kier molecular flexibility index (Phi) is 5.53. The van der Waals surface area contributed by atoms with Gasteiger partial charge in [-0.1, -0.05) is 13.8 Å². The molecule has 1 atom stereocenters. The Bertz CT molecular complexity index is 1090. The van der Waals surface area contributed by atoms with Crippen LogP contribution in [0.2, 0.25) is 0 Å². The maximum absolute atomic E-state index is 12.7. The van der Waals surface area contributed by atoms with Gasteiger partial charge in [0.25, 0.3) is 5.56 Å². The van der Waals surface area contributed by atoms with Crippen LogP contribution in [0.15, 0.2) is 35.3 Å². The molecule has 2 N–H and O–H groups in total. The molecule has 0 saturated heterocycles. The van der Waals surface area contributed by atoms with Crippen molar-refractivity contribution in [3.05, 3.63) is 46.5 Å². The van der Waals surface area contributed by atoms with E-state index in [4.69, 9.17) is 9.84 Å². The summed E-state index contributed by atoms with van der Waals surface area (Å²) in [6.07, 6.45) is 1.23. The first-order valence-corrected chi connectivity index (χ1v) is 9.27. The van der Waals surface area contributed by atoms with Gasteiger partial charge in [-0.15, -0.1) is 0 Å². The van der Waals surface area contributed by atoms with Gasteiger partial charge in [0.2, 0.25) is 0 Å². The zero-order valence-electron chi connectivity index (χ0n) is 16.5. The minimum atomic E-state index is -1.06. The first-order chi connectivity index (χ1) is 13.3. The highest BCUT2D eigenvalue weighted by molar-refractivity contribution is 6.05. The second-order valence-corrected chi connectivity index (χ2v) is 7.50. The molecule has 1 amide bonds. The fraction of sp³-hybridized carbons (Fsp3) is 0.381. The third-order valence-corrected chi connectivity index (χ3v) is 4.73. The molecule has 3 aromatic rings. The van der Waals surface area contributed by atoms with Gasteiger partial charge in [-0.3, -0.25) is 9.78 Å². The van der Waals surface area contributed by atoms with Gasteiger partial charge in [-0.05, 0) is 42.8 Å². The maximum Gasteiger partial charge on any atom is 0.404 e. The monoisotopic (exact) mass is 383 g/mol. The molecule has 3 rings (SSSR count). The van der Waals surface area contributed by atoms with Crippen molar-refractivity contribution in [2.45, 2.75) is 33.2 Å². The number of benzene rings is 1. The van der Waals surface area contributed by atoms with E-state index in [0.717, 1.165) is 22.0 Å². The van der Waals surface area contributed by atoms with Crippen molar-refractivity contribution < 1.29 is 14.6 Å². The van der Waals surface area contributed by atoms with E-state index in [0.29, 0.717) is 23.5 Å². The standard InChI is InChI=1S/C21H25N3O4/c1-12(2)7-14(23-21(26)27)11-28-15-5-6-16-17-8-13(3)22-10-18(17)20(25)24(4)19(16)9-15/h5-6,8-10,12,14,23H,7,11H2,1-4H3,(H,26,27). The molecular weight excluding hydrogens is 358 g/mol. The topological polar surface area (TPSA) is 93.5 Å². The number of aryl methyl sites for hydroxylation is 2. The first kappa shape index (κ1) is 19.7. The van der Waals surface area contributed by atoms with Gasteiger partial charge in [-0.25, -0.2) is 4.79 Å². The molecule has 7 nitrogen and oxygen atoms in total. The Morgan fingerprint density at radius 1 is 1.25 bits per heavy atom. The number of nitrogens with zero attached hydrogens (tertiary/aromatic N) is 2. The summed E-state index contributed by atoms with van der Waals surface area (Å²) in [5.41, 5.74) is 1.49. The lowest BCUT2D eigenvalue weighted by Crippen LogP contribution is -2.39. The summed E-state index contributed by atoms with van der Waals surface area (Å²) in [5.74, 6) is 0.926. The van der Waals surface area contributed by atoms with Crippen LogP contribution in [-0.4, -0.2) is 33.4 Å². The van der Waals surface area contributed by atoms with Crippen molar-refractivity contribution >= 4 is 27.8 Å². The summed E-state index contributed by atoms with van der Waals surface area (Å²) < 4.78 is 7.44. The van der Waals surface area contributed by atoms with E-state index in [1.807, 2.05) is 45.0 Å². The van der Waals surface area contributed by atoms with E-state index < -0.39 is 6.09 Å². The maximum atomic E-state index is 12.7. The molecule has 2 heterocycles. The fourth-order valence-corrected chi connectivity index (χ4v) is 3.46. The second kappa shape index (κ2) is 7.88. The van der Waals surface area contributed by atoms with Crippen LogP contribution in [0.3, 0.4) is 0 Å². The second-order valence-electron chi connectivity index (χ2n) is 7.50. The first-order valence-electron chi connectivity index (χ1n) is 9.27. The number of nitrogens with one attached hydrogen (secondary N) is 1. The number of hydrogen-bond donors (Lipinski definition) is 2. The van der Waals surface area contributed by atoms with E-state index in [9.17, 15) is 9.59 Å². The van der Waals surface area contributed by atoms with Crippen molar-refractivity contribution in [1.29, 1.82) is 0 Å². The summed E-state index contributed by atoms with van der Waals surface area (Å²) >= 11 is 0. The summed E-state index contributed by atoms with van der Waals surface area (Å²) in [5, 5.41) is 13.9. The Morgan fingerprint density at radius 2 is 2.00 bits per heavy atom. The number of aromatic nitrogens is 2. The molecule has 0 radical (unpaired) electrons.